The maximum atomic E-state index is 11.7. The third kappa shape index (κ3) is 2.49. The molecule has 86 valence electrons. The summed E-state index contributed by atoms with van der Waals surface area (Å²) in [6.45, 7) is 1.66. The zero-order chi connectivity index (χ0) is 10.9. The first-order chi connectivity index (χ1) is 7.12. The van der Waals surface area contributed by atoms with E-state index in [1.165, 1.54) is 12.8 Å². The monoisotopic (exact) mass is 211 g/mol. The summed E-state index contributed by atoms with van der Waals surface area (Å²) in [6.07, 6.45) is 5.40. The molecule has 0 radical (unpaired) electrons. The van der Waals surface area contributed by atoms with Crippen LogP contribution >= 0.6 is 0 Å². The molecule has 0 aromatic rings. The molecule has 0 unspecified atom stereocenters. The Hall–Kier alpha value is -0.610. The number of hydrogen-bond donors (Lipinski definition) is 2. The van der Waals surface area contributed by atoms with E-state index in [-0.39, 0.29) is 5.91 Å². The van der Waals surface area contributed by atoms with Crippen molar-refractivity contribution in [2.24, 2.45) is 5.73 Å². The largest absolute Gasteiger partial charge is 0.353 e. The minimum Gasteiger partial charge on any atom is -0.353 e. The highest BCUT2D eigenvalue weighted by Gasteiger charge is 2.39. The van der Waals surface area contributed by atoms with Gasteiger partial charge in [-0.3, -0.25) is 4.79 Å². The minimum absolute atomic E-state index is 0.0398. The fourth-order valence-electron chi connectivity index (χ4n) is 2.00. The van der Waals surface area contributed by atoms with Gasteiger partial charge in [0, 0.05) is 19.1 Å². The van der Waals surface area contributed by atoms with Crippen LogP contribution in [-0.4, -0.2) is 42.5 Å². The molecule has 3 N–H and O–H groups in total. The van der Waals surface area contributed by atoms with Crippen molar-refractivity contribution >= 4 is 5.91 Å². The van der Waals surface area contributed by atoms with E-state index in [9.17, 15) is 4.79 Å². The van der Waals surface area contributed by atoms with Gasteiger partial charge in [0.2, 0.25) is 5.91 Å². The Balaban J connectivity index is 1.62. The van der Waals surface area contributed by atoms with Gasteiger partial charge in [-0.2, -0.15) is 0 Å². The van der Waals surface area contributed by atoms with Crippen LogP contribution in [0.1, 0.15) is 32.1 Å². The maximum absolute atomic E-state index is 11.7. The molecular formula is C11H21N3O. The molecule has 0 atom stereocenters. The van der Waals surface area contributed by atoms with Crippen LogP contribution in [0.15, 0.2) is 0 Å². The zero-order valence-corrected chi connectivity index (χ0v) is 9.46. The van der Waals surface area contributed by atoms with E-state index in [4.69, 9.17) is 5.73 Å². The highest BCUT2D eigenvalue weighted by molar-refractivity contribution is 5.86. The third-order valence-corrected chi connectivity index (χ3v) is 3.62. The summed E-state index contributed by atoms with van der Waals surface area (Å²) >= 11 is 0. The number of nitrogens with one attached hydrogen (secondary N) is 1. The van der Waals surface area contributed by atoms with Gasteiger partial charge in [0.15, 0.2) is 0 Å². The Morgan fingerprint density at radius 3 is 2.67 bits per heavy atom. The van der Waals surface area contributed by atoms with Crippen LogP contribution in [0, 0.1) is 0 Å². The number of carbonyl (C=O) groups is 1. The second-order valence-corrected chi connectivity index (χ2v) is 4.98. The molecule has 0 bridgehead atoms. The Kier molecular flexibility index (Phi) is 2.98. The topological polar surface area (TPSA) is 58.4 Å². The van der Waals surface area contributed by atoms with Crippen LogP contribution in [-0.2, 0) is 4.79 Å². The highest BCUT2D eigenvalue weighted by Crippen LogP contribution is 2.29. The van der Waals surface area contributed by atoms with E-state index >= 15 is 0 Å². The fraction of sp³-hybridized carbons (Fsp3) is 0.909. The molecule has 4 heteroatoms. The fourth-order valence-corrected chi connectivity index (χ4v) is 2.00. The Morgan fingerprint density at radius 1 is 1.53 bits per heavy atom. The molecule has 0 aromatic carbocycles. The average molecular weight is 211 g/mol. The predicted octanol–water partition coefficient (Wildman–Crippen LogP) is 0.0782. The zero-order valence-electron chi connectivity index (χ0n) is 9.46. The van der Waals surface area contributed by atoms with Gasteiger partial charge in [0.25, 0.3) is 0 Å². The lowest BCUT2D eigenvalue weighted by atomic mass is 9.77. The van der Waals surface area contributed by atoms with Crippen LogP contribution in [0.5, 0.6) is 0 Å². The molecule has 2 rings (SSSR count). The van der Waals surface area contributed by atoms with Gasteiger partial charge in [0.05, 0.1) is 5.54 Å². The van der Waals surface area contributed by atoms with E-state index in [1.807, 2.05) is 0 Å². The van der Waals surface area contributed by atoms with Crippen LogP contribution in [0.2, 0.25) is 0 Å². The first-order valence-corrected chi connectivity index (χ1v) is 5.89. The SMILES string of the molecule is CN(CCNC(=O)C1(N)CCC1)C1CC1. The van der Waals surface area contributed by atoms with Crippen LogP contribution in [0.3, 0.4) is 0 Å². The Morgan fingerprint density at radius 2 is 2.20 bits per heavy atom. The van der Waals surface area contributed by atoms with Crippen molar-refractivity contribution in [2.45, 2.75) is 43.7 Å². The summed E-state index contributed by atoms with van der Waals surface area (Å²) in [5.41, 5.74) is 5.37. The van der Waals surface area contributed by atoms with E-state index in [0.29, 0.717) is 0 Å². The number of nitrogens with zero attached hydrogens (tertiary/aromatic N) is 1. The Labute approximate surface area is 91.2 Å². The summed E-state index contributed by atoms with van der Waals surface area (Å²) in [5, 5.41) is 2.93. The summed E-state index contributed by atoms with van der Waals surface area (Å²) in [4.78, 5) is 14.0. The van der Waals surface area contributed by atoms with Crippen molar-refractivity contribution < 1.29 is 4.79 Å². The second kappa shape index (κ2) is 4.10. The first kappa shape index (κ1) is 10.9. The maximum Gasteiger partial charge on any atom is 0.240 e. The molecule has 0 heterocycles. The molecule has 2 fully saturated rings. The van der Waals surface area contributed by atoms with Crippen LogP contribution in [0.25, 0.3) is 0 Å². The lowest BCUT2D eigenvalue weighted by Gasteiger charge is -2.36. The molecule has 15 heavy (non-hydrogen) atoms. The number of hydrogen-bond acceptors (Lipinski definition) is 3. The Bertz CT molecular complexity index is 246. The normalized spacial score (nSPS) is 23.7. The van der Waals surface area contributed by atoms with Gasteiger partial charge in [-0.05, 0) is 39.2 Å². The van der Waals surface area contributed by atoms with Gasteiger partial charge in [-0.15, -0.1) is 0 Å². The number of amides is 1. The molecule has 4 nitrogen and oxygen atoms in total. The van der Waals surface area contributed by atoms with E-state index in [1.54, 1.807) is 0 Å². The summed E-state index contributed by atoms with van der Waals surface area (Å²) < 4.78 is 0. The smallest absolute Gasteiger partial charge is 0.240 e. The lowest BCUT2D eigenvalue weighted by molar-refractivity contribution is -0.129. The molecule has 2 aliphatic carbocycles. The van der Waals surface area contributed by atoms with E-state index in [2.05, 4.69) is 17.3 Å². The molecule has 0 aliphatic heterocycles. The van der Waals surface area contributed by atoms with E-state index in [0.717, 1.165) is 38.4 Å². The van der Waals surface area contributed by atoms with Gasteiger partial charge >= 0.3 is 0 Å². The highest BCUT2D eigenvalue weighted by atomic mass is 16.2. The summed E-state index contributed by atoms with van der Waals surface area (Å²) in [6, 6.07) is 0.762. The van der Waals surface area contributed by atoms with Crippen LogP contribution in [0.4, 0.5) is 0 Å². The molecule has 0 spiro atoms. The van der Waals surface area contributed by atoms with Gasteiger partial charge in [-0.1, -0.05) is 0 Å². The van der Waals surface area contributed by atoms with Crippen LogP contribution < -0.4 is 11.1 Å². The molecular weight excluding hydrogens is 190 g/mol. The molecule has 2 aliphatic rings. The van der Waals surface area contributed by atoms with E-state index < -0.39 is 5.54 Å². The lowest BCUT2D eigenvalue weighted by Crippen LogP contribution is -2.59. The van der Waals surface area contributed by atoms with Crippen molar-refractivity contribution in [1.82, 2.24) is 10.2 Å². The average Bonchev–Trinajstić information content (AvgIpc) is 2.96. The van der Waals surface area contributed by atoms with Crippen molar-refractivity contribution in [3.8, 4) is 0 Å². The van der Waals surface area contributed by atoms with Crippen molar-refractivity contribution in [1.29, 1.82) is 0 Å². The van der Waals surface area contributed by atoms with Crippen molar-refractivity contribution in [2.75, 3.05) is 20.1 Å². The molecule has 1 amide bonds. The number of rotatable bonds is 5. The number of nitrogens with two attached hydrogens (primary N) is 1. The van der Waals surface area contributed by atoms with Crippen molar-refractivity contribution in [3.05, 3.63) is 0 Å². The minimum atomic E-state index is -0.543. The standard InChI is InChI=1S/C11H21N3O/c1-14(9-3-4-9)8-7-13-10(15)11(12)5-2-6-11/h9H,2-8,12H2,1H3,(H,13,15). The second-order valence-electron chi connectivity index (χ2n) is 4.98. The molecule has 2 saturated carbocycles. The number of likely N-dealkylation sites (N-methyl/N-ethyl adjacent to an activating group) is 1. The predicted molar refractivity (Wildman–Crippen MR) is 59.4 cm³/mol. The summed E-state index contributed by atoms with van der Waals surface area (Å²) in [7, 11) is 2.12. The first-order valence-electron chi connectivity index (χ1n) is 5.89. The van der Waals surface area contributed by atoms with Gasteiger partial charge in [0.1, 0.15) is 0 Å². The van der Waals surface area contributed by atoms with Crippen molar-refractivity contribution in [3.63, 3.8) is 0 Å². The molecule has 0 saturated heterocycles. The quantitative estimate of drug-likeness (QED) is 0.677. The van der Waals surface area contributed by atoms with Gasteiger partial charge in [-0.25, -0.2) is 0 Å². The summed E-state index contributed by atoms with van der Waals surface area (Å²) in [5.74, 6) is 0.0398. The molecule has 0 aromatic heterocycles. The van der Waals surface area contributed by atoms with Gasteiger partial charge < -0.3 is 16.0 Å². The third-order valence-electron chi connectivity index (χ3n) is 3.62. The number of carbonyl (C=O) groups excluding carboxylic acids is 1.